The number of carbonyl (C=O) groups is 2. The van der Waals surface area contributed by atoms with Crippen LogP contribution >= 0.6 is 11.8 Å². The summed E-state index contributed by atoms with van der Waals surface area (Å²) in [6.07, 6.45) is 0. The molecule has 7 heteroatoms. The lowest BCUT2D eigenvalue weighted by atomic mass is 10.1. The van der Waals surface area contributed by atoms with Gasteiger partial charge in [-0.2, -0.15) is 0 Å². The van der Waals surface area contributed by atoms with Gasteiger partial charge in [-0.3, -0.25) is 14.5 Å². The minimum absolute atomic E-state index is 0.0383. The van der Waals surface area contributed by atoms with Crippen molar-refractivity contribution in [2.45, 2.75) is 5.37 Å². The molecule has 3 aromatic rings. The van der Waals surface area contributed by atoms with Crippen LogP contribution in [0.4, 0.5) is 11.4 Å². The Kier molecular flexibility index (Phi) is 6.13. The van der Waals surface area contributed by atoms with Crippen LogP contribution in [0.25, 0.3) is 0 Å². The van der Waals surface area contributed by atoms with E-state index in [4.69, 9.17) is 9.47 Å². The Bertz CT molecular complexity index is 1080. The lowest BCUT2D eigenvalue weighted by Gasteiger charge is -2.26. The number of hydrogen-bond acceptors (Lipinski definition) is 5. The van der Waals surface area contributed by atoms with E-state index in [-0.39, 0.29) is 17.2 Å². The summed E-state index contributed by atoms with van der Waals surface area (Å²) in [5.41, 5.74) is 2.96. The molecule has 0 bridgehead atoms. The number of benzene rings is 3. The summed E-state index contributed by atoms with van der Waals surface area (Å²) >= 11 is 1.57. The maximum atomic E-state index is 12.6. The number of nitrogens with one attached hydrogen (secondary N) is 1. The summed E-state index contributed by atoms with van der Waals surface area (Å²) in [4.78, 5) is 26.9. The van der Waals surface area contributed by atoms with Crippen LogP contribution in [0.15, 0.2) is 72.8 Å². The molecule has 1 aliphatic rings. The van der Waals surface area contributed by atoms with Crippen LogP contribution in [-0.2, 0) is 4.79 Å². The van der Waals surface area contributed by atoms with E-state index in [9.17, 15) is 9.59 Å². The first-order valence-electron chi connectivity index (χ1n) is 9.73. The molecule has 6 nitrogen and oxygen atoms in total. The van der Waals surface area contributed by atoms with Crippen molar-refractivity contribution in [2.24, 2.45) is 0 Å². The summed E-state index contributed by atoms with van der Waals surface area (Å²) in [7, 11) is 3.18. The molecule has 1 heterocycles. The van der Waals surface area contributed by atoms with E-state index in [2.05, 4.69) is 5.32 Å². The summed E-state index contributed by atoms with van der Waals surface area (Å²) in [5, 5.41) is 2.74. The second kappa shape index (κ2) is 9.14. The first-order chi connectivity index (χ1) is 15.1. The molecule has 2 amide bonds. The van der Waals surface area contributed by atoms with E-state index in [1.54, 1.807) is 55.1 Å². The van der Waals surface area contributed by atoms with Crippen LogP contribution in [-0.4, -0.2) is 31.8 Å². The Labute approximate surface area is 185 Å². The smallest absolute Gasteiger partial charge is 0.255 e. The highest BCUT2D eigenvalue weighted by Gasteiger charge is 2.35. The number of methoxy groups -OCH3 is 2. The van der Waals surface area contributed by atoms with Crippen LogP contribution < -0.4 is 19.7 Å². The molecule has 1 saturated heterocycles. The van der Waals surface area contributed by atoms with Gasteiger partial charge in [0.05, 0.1) is 25.7 Å². The SMILES string of the molecule is COc1ccc(C(=O)Nc2ccc(C3SCC(=O)N3c3ccccc3OC)cc2)cc1. The zero-order valence-corrected chi connectivity index (χ0v) is 18.0. The van der Waals surface area contributed by atoms with Gasteiger partial charge in [-0.25, -0.2) is 0 Å². The van der Waals surface area contributed by atoms with Crippen molar-refractivity contribution in [3.8, 4) is 11.5 Å². The number of nitrogens with zero attached hydrogens (tertiary/aromatic N) is 1. The second-order valence-corrected chi connectivity index (χ2v) is 7.97. The van der Waals surface area contributed by atoms with Gasteiger partial charge >= 0.3 is 0 Å². The summed E-state index contributed by atoms with van der Waals surface area (Å²) < 4.78 is 10.6. The van der Waals surface area contributed by atoms with Gasteiger partial charge in [0.25, 0.3) is 5.91 Å². The summed E-state index contributed by atoms with van der Waals surface area (Å²) in [5.74, 6) is 1.60. The highest BCUT2D eigenvalue weighted by atomic mass is 32.2. The summed E-state index contributed by atoms with van der Waals surface area (Å²) in [6.45, 7) is 0. The molecule has 1 N–H and O–H groups in total. The van der Waals surface area contributed by atoms with Crippen molar-refractivity contribution >= 4 is 35.0 Å². The quantitative estimate of drug-likeness (QED) is 0.607. The normalized spacial score (nSPS) is 15.6. The lowest BCUT2D eigenvalue weighted by Crippen LogP contribution is -2.28. The number of carbonyl (C=O) groups excluding carboxylic acids is 2. The lowest BCUT2D eigenvalue weighted by molar-refractivity contribution is -0.115. The molecule has 1 aliphatic heterocycles. The van der Waals surface area contributed by atoms with E-state index in [0.717, 1.165) is 11.3 Å². The molecule has 0 spiro atoms. The van der Waals surface area contributed by atoms with Gasteiger partial charge in [0.2, 0.25) is 5.91 Å². The molecule has 3 aromatic carbocycles. The third-order valence-corrected chi connectivity index (χ3v) is 6.23. The van der Waals surface area contributed by atoms with E-state index < -0.39 is 0 Å². The molecule has 1 atom stereocenters. The van der Waals surface area contributed by atoms with Gasteiger partial charge in [0, 0.05) is 11.3 Å². The fraction of sp³-hybridized carbons (Fsp3) is 0.167. The molecule has 4 rings (SSSR count). The number of thioether (sulfide) groups is 1. The number of amides is 2. The molecular weight excluding hydrogens is 412 g/mol. The Morgan fingerprint density at radius 1 is 0.968 bits per heavy atom. The minimum Gasteiger partial charge on any atom is -0.497 e. The van der Waals surface area contributed by atoms with Gasteiger partial charge in [-0.05, 0) is 54.1 Å². The number of para-hydroxylation sites is 2. The maximum Gasteiger partial charge on any atom is 0.255 e. The third kappa shape index (κ3) is 4.36. The monoisotopic (exact) mass is 434 g/mol. The molecule has 158 valence electrons. The standard InChI is InChI=1S/C24H22N2O4S/c1-29-19-13-9-16(10-14-19)23(28)25-18-11-7-17(8-12-18)24-26(22(27)15-31-24)20-5-3-4-6-21(20)30-2/h3-14,24H,15H2,1-2H3,(H,25,28). The van der Waals surface area contributed by atoms with E-state index in [1.165, 1.54) is 0 Å². The predicted octanol–water partition coefficient (Wildman–Crippen LogP) is 4.73. The minimum atomic E-state index is -0.198. The van der Waals surface area contributed by atoms with Crippen molar-refractivity contribution in [3.63, 3.8) is 0 Å². The van der Waals surface area contributed by atoms with E-state index in [0.29, 0.717) is 28.5 Å². The first kappa shape index (κ1) is 20.8. The average molecular weight is 435 g/mol. The number of hydrogen-bond donors (Lipinski definition) is 1. The average Bonchev–Trinajstić information content (AvgIpc) is 3.20. The second-order valence-electron chi connectivity index (χ2n) is 6.90. The number of ether oxygens (including phenoxy) is 2. The largest absolute Gasteiger partial charge is 0.497 e. The number of anilines is 2. The Hall–Kier alpha value is -3.45. The third-order valence-electron chi connectivity index (χ3n) is 5.02. The fourth-order valence-electron chi connectivity index (χ4n) is 3.44. The molecule has 0 aliphatic carbocycles. The van der Waals surface area contributed by atoms with Gasteiger partial charge in [-0.15, -0.1) is 11.8 Å². The summed E-state index contributed by atoms with van der Waals surface area (Å²) in [6, 6.07) is 22.0. The van der Waals surface area contributed by atoms with E-state index in [1.807, 2.05) is 48.5 Å². The highest BCUT2D eigenvalue weighted by Crippen LogP contribution is 2.44. The van der Waals surface area contributed by atoms with Crippen molar-refractivity contribution < 1.29 is 19.1 Å². The van der Waals surface area contributed by atoms with Crippen LogP contribution in [0.5, 0.6) is 11.5 Å². The van der Waals surface area contributed by atoms with Gasteiger partial charge in [-0.1, -0.05) is 24.3 Å². The van der Waals surface area contributed by atoms with Crippen molar-refractivity contribution in [1.29, 1.82) is 0 Å². The highest BCUT2D eigenvalue weighted by molar-refractivity contribution is 8.00. The Morgan fingerprint density at radius 3 is 2.35 bits per heavy atom. The van der Waals surface area contributed by atoms with Crippen molar-refractivity contribution in [2.75, 3.05) is 30.2 Å². The van der Waals surface area contributed by atoms with Crippen LogP contribution in [0.2, 0.25) is 0 Å². The molecule has 1 unspecified atom stereocenters. The topological polar surface area (TPSA) is 67.9 Å². The van der Waals surface area contributed by atoms with Crippen LogP contribution in [0.3, 0.4) is 0 Å². The number of rotatable bonds is 6. The molecule has 0 radical (unpaired) electrons. The predicted molar refractivity (Wildman–Crippen MR) is 123 cm³/mol. The first-order valence-corrected chi connectivity index (χ1v) is 10.8. The van der Waals surface area contributed by atoms with Crippen LogP contribution in [0, 0.1) is 0 Å². The van der Waals surface area contributed by atoms with Gasteiger partial charge in [0.1, 0.15) is 16.9 Å². The Balaban J connectivity index is 1.51. The zero-order chi connectivity index (χ0) is 21.8. The molecule has 1 fully saturated rings. The van der Waals surface area contributed by atoms with Crippen LogP contribution in [0.1, 0.15) is 21.3 Å². The maximum absolute atomic E-state index is 12.6. The van der Waals surface area contributed by atoms with Crippen molar-refractivity contribution in [1.82, 2.24) is 0 Å². The van der Waals surface area contributed by atoms with Gasteiger partial charge in [0.15, 0.2) is 0 Å². The zero-order valence-electron chi connectivity index (χ0n) is 17.2. The molecule has 31 heavy (non-hydrogen) atoms. The van der Waals surface area contributed by atoms with E-state index >= 15 is 0 Å². The molecular formula is C24H22N2O4S. The van der Waals surface area contributed by atoms with Gasteiger partial charge < -0.3 is 14.8 Å². The van der Waals surface area contributed by atoms with Crippen molar-refractivity contribution in [3.05, 3.63) is 83.9 Å². The molecule has 0 aromatic heterocycles. The fourth-order valence-corrected chi connectivity index (χ4v) is 4.61. The Morgan fingerprint density at radius 2 is 1.68 bits per heavy atom. The molecule has 0 saturated carbocycles.